The molecule has 0 aromatic carbocycles. The molecule has 7 nitrogen and oxygen atoms in total. The second-order valence-electron chi connectivity index (χ2n) is 5.79. The largest absolute Gasteiger partial charge is 0.338 e. The van der Waals surface area contributed by atoms with Crippen LogP contribution in [0.25, 0.3) is 11.4 Å². The first-order valence-electron chi connectivity index (χ1n) is 7.39. The van der Waals surface area contributed by atoms with E-state index < -0.39 is 0 Å². The van der Waals surface area contributed by atoms with Gasteiger partial charge in [0.05, 0.1) is 0 Å². The summed E-state index contributed by atoms with van der Waals surface area (Å²) in [7, 11) is 0. The Morgan fingerprint density at radius 1 is 1.29 bits per heavy atom. The zero-order chi connectivity index (χ0) is 14.2. The first kappa shape index (κ1) is 12.6. The van der Waals surface area contributed by atoms with Gasteiger partial charge < -0.3 is 15.2 Å². The van der Waals surface area contributed by atoms with Crippen LogP contribution in [0.15, 0.2) is 23.1 Å². The molecule has 2 unspecified atom stereocenters. The van der Waals surface area contributed by atoms with Crippen LogP contribution >= 0.6 is 0 Å². The predicted molar refractivity (Wildman–Crippen MR) is 79.2 cm³/mol. The fourth-order valence-electron chi connectivity index (χ4n) is 3.29. The number of hydrogen-bond donors (Lipinski definition) is 3. The maximum atomic E-state index is 11.1. The first-order chi connectivity index (χ1) is 10.3. The molecule has 0 radical (unpaired) electrons. The lowest BCUT2D eigenvalue weighted by Gasteiger charge is -2.24. The Balaban J connectivity index is 1.54. The zero-order valence-electron chi connectivity index (χ0n) is 11.7. The van der Waals surface area contributed by atoms with Crippen LogP contribution in [-0.4, -0.2) is 45.8 Å². The number of pyridine rings is 1. The highest BCUT2D eigenvalue weighted by Gasteiger charge is 2.35. The highest BCUT2D eigenvalue weighted by molar-refractivity contribution is 5.54. The maximum absolute atomic E-state index is 11.1. The molecular weight excluding hydrogens is 268 g/mol. The van der Waals surface area contributed by atoms with E-state index in [0.29, 0.717) is 17.8 Å². The number of nitrogens with one attached hydrogen (secondary N) is 3. The Kier molecular flexibility index (Phi) is 2.99. The number of anilines is 1. The molecule has 3 N–H and O–H groups in total. The lowest BCUT2D eigenvalue weighted by molar-refractivity contribution is 0.340. The third-order valence-electron chi connectivity index (χ3n) is 4.41. The highest BCUT2D eigenvalue weighted by Crippen LogP contribution is 2.27. The molecule has 2 atom stereocenters. The molecule has 7 heteroatoms. The van der Waals surface area contributed by atoms with Crippen LogP contribution in [0.2, 0.25) is 0 Å². The van der Waals surface area contributed by atoms with Gasteiger partial charge in [-0.15, -0.1) is 5.10 Å². The van der Waals surface area contributed by atoms with Crippen LogP contribution < -0.4 is 15.8 Å². The minimum Gasteiger partial charge on any atom is -0.338 e. The number of rotatable bonds is 2. The van der Waals surface area contributed by atoms with Crippen LogP contribution in [0, 0.1) is 5.92 Å². The molecule has 21 heavy (non-hydrogen) atoms. The summed E-state index contributed by atoms with van der Waals surface area (Å²) in [5.74, 6) is 2.13. The summed E-state index contributed by atoms with van der Waals surface area (Å²) in [6, 6.07) is 3.80. The summed E-state index contributed by atoms with van der Waals surface area (Å²) in [5.41, 5.74) is 0.719. The molecule has 0 bridgehead atoms. The SMILES string of the molecule is O=c1ccc(-c2nc(N3CC4CCCNC4C3)n[nH]2)c[nH]1. The van der Waals surface area contributed by atoms with Crippen molar-refractivity contribution >= 4 is 5.95 Å². The van der Waals surface area contributed by atoms with Gasteiger partial charge in [0.2, 0.25) is 11.5 Å². The number of piperidine rings is 1. The Morgan fingerprint density at radius 3 is 3.05 bits per heavy atom. The molecule has 2 aromatic heterocycles. The lowest BCUT2D eigenvalue weighted by atomic mass is 9.94. The summed E-state index contributed by atoms with van der Waals surface area (Å²) in [5, 5.41) is 10.9. The first-order valence-corrected chi connectivity index (χ1v) is 7.39. The molecule has 4 rings (SSSR count). The Morgan fingerprint density at radius 2 is 2.24 bits per heavy atom. The van der Waals surface area contributed by atoms with Gasteiger partial charge in [0.1, 0.15) is 0 Å². The van der Waals surface area contributed by atoms with Crippen molar-refractivity contribution in [2.75, 3.05) is 24.5 Å². The standard InChI is InChI=1S/C14H18N6O/c21-12-4-3-9(6-16-12)13-17-14(19-18-13)20-7-10-2-1-5-15-11(10)8-20/h3-4,6,10-11,15H,1-2,5,7-8H2,(H,16,21)(H,17,18,19). The van der Waals surface area contributed by atoms with Gasteiger partial charge in [-0.25, -0.2) is 0 Å². The van der Waals surface area contributed by atoms with Gasteiger partial charge in [-0.2, -0.15) is 4.98 Å². The molecule has 110 valence electrons. The van der Waals surface area contributed by atoms with Crippen LogP contribution in [0.1, 0.15) is 12.8 Å². The Hall–Kier alpha value is -2.15. The second kappa shape index (κ2) is 5.00. The van der Waals surface area contributed by atoms with Gasteiger partial charge in [0, 0.05) is 37.0 Å². The van der Waals surface area contributed by atoms with Crippen molar-refractivity contribution in [3.63, 3.8) is 0 Å². The molecule has 0 aliphatic carbocycles. The minimum atomic E-state index is -0.117. The van der Waals surface area contributed by atoms with E-state index in [1.165, 1.54) is 18.9 Å². The molecular formula is C14H18N6O. The monoisotopic (exact) mass is 286 g/mol. The van der Waals surface area contributed by atoms with E-state index in [2.05, 4.69) is 30.4 Å². The molecule has 4 heterocycles. The molecule has 2 saturated heterocycles. The third-order valence-corrected chi connectivity index (χ3v) is 4.41. The predicted octanol–water partition coefficient (Wildman–Crippen LogP) is 0.348. The fourth-order valence-corrected chi connectivity index (χ4v) is 3.29. The highest BCUT2D eigenvalue weighted by atomic mass is 16.1. The molecule has 0 saturated carbocycles. The second-order valence-corrected chi connectivity index (χ2v) is 5.79. The smallest absolute Gasteiger partial charge is 0.247 e. The topological polar surface area (TPSA) is 89.7 Å². The Labute approximate surface area is 121 Å². The molecule has 0 spiro atoms. The minimum absolute atomic E-state index is 0.117. The van der Waals surface area contributed by atoms with Crippen LogP contribution in [0.5, 0.6) is 0 Å². The number of aromatic amines is 2. The quantitative estimate of drug-likeness (QED) is 0.741. The van der Waals surface area contributed by atoms with E-state index in [-0.39, 0.29) is 5.56 Å². The fraction of sp³-hybridized carbons (Fsp3) is 0.500. The molecule has 2 fully saturated rings. The number of H-pyrrole nitrogens is 2. The average Bonchev–Trinajstić information content (AvgIpc) is 3.14. The van der Waals surface area contributed by atoms with Gasteiger partial charge in [-0.3, -0.25) is 9.89 Å². The van der Waals surface area contributed by atoms with E-state index in [4.69, 9.17) is 0 Å². The van der Waals surface area contributed by atoms with Crippen molar-refractivity contribution in [2.45, 2.75) is 18.9 Å². The van der Waals surface area contributed by atoms with Gasteiger partial charge in [-0.1, -0.05) is 0 Å². The van der Waals surface area contributed by atoms with Crippen molar-refractivity contribution in [3.8, 4) is 11.4 Å². The van der Waals surface area contributed by atoms with Gasteiger partial charge in [0.25, 0.3) is 0 Å². The molecule has 2 aliphatic heterocycles. The average molecular weight is 286 g/mol. The van der Waals surface area contributed by atoms with Crippen molar-refractivity contribution in [2.24, 2.45) is 5.92 Å². The van der Waals surface area contributed by atoms with E-state index in [9.17, 15) is 4.79 Å². The van der Waals surface area contributed by atoms with Crippen molar-refractivity contribution in [3.05, 3.63) is 28.7 Å². The van der Waals surface area contributed by atoms with Crippen LogP contribution in [0.3, 0.4) is 0 Å². The molecule has 2 aliphatic rings. The normalized spacial score (nSPS) is 25.0. The number of aromatic nitrogens is 4. The van der Waals surface area contributed by atoms with Gasteiger partial charge in [0.15, 0.2) is 5.82 Å². The number of nitrogens with zero attached hydrogens (tertiary/aromatic N) is 3. The van der Waals surface area contributed by atoms with E-state index in [0.717, 1.165) is 31.1 Å². The van der Waals surface area contributed by atoms with Crippen LogP contribution in [0.4, 0.5) is 5.95 Å². The van der Waals surface area contributed by atoms with E-state index in [1.54, 1.807) is 12.3 Å². The van der Waals surface area contributed by atoms with E-state index >= 15 is 0 Å². The van der Waals surface area contributed by atoms with Gasteiger partial charge in [-0.05, 0) is 31.4 Å². The summed E-state index contributed by atoms with van der Waals surface area (Å²) in [6.07, 6.45) is 4.19. The van der Waals surface area contributed by atoms with Gasteiger partial charge >= 0.3 is 0 Å². The zero-order valence-corrected chi connectivity index (χ0v) is 11.7. The summed E-state index contributed by atoms with van der Waals surface area (Å²) >= 11 is 0. The Bertz CT molecular complexity index is 658. The van der Waals surface area contributed by atoms with Crippen molar-refractivity contribution in [1.29, 1.82) is 0 Å². The summed E-state index contributed by atoms with van der Waals surface area (Å²) in [4.78, 5) is 20.5. The molecule has 2 aromatic rings. The van der Waals surface area contributed by atoms with Crippen molar-refractivity contribution < 1.29 is 0 Å². The van der Waals surface area contributed by atoms with E-state index in [1.807, 2.05) is 0 Å². The molecule has 0 amide bonds. The number of hydrogen-bond acceptors (Lipinski definition) is 5. The summed E-state index contributed by atoms with van der Waals surface area (Å²) < 4.78 is 0. The lowest BCUT2D eigenvalue weighted by Crippen LogP contribution is -2.40. The number of fused-ring (bicyclic) bond motifs is 1. The van der Waals surface area contributed by atoms with Crippen molar-refractivity contribution in [1.82, 2.24) is 25.5 Å². The maximum Gasteiger partial charge on any atom is 0.247 e. The van der Waals surface area contributed by atoms with Crippen LogP contribution in [-0.2, 0) is 0 Å². The third kappa shape index (κ3) is 2.33. The summed E-state index contributed by atoms with van der Waals surface area (Å²) in [6.45, 7) is 3.10.